The Balaban J connectivity index is 1.79. The van der Waals surface area contributed by atoms with E-state index in [-0.39, 0.29) is 30.0 Å². The van der Waals surface area contributed by atoms with Gasteiger partial charge in [-0.2, -0.15) is 0 Å². The third-order valence-electron chi connectivity index (χ3n) is 3.18. The molecule has 1 aliphatic rings. The number of anilines is 1. The number of nitrogen functional groups attached to an aromatic ring is 1. The molecule has 2 rings (SSSR count). The summed E-state index contributed by atoms with van der Waals surface area (Å²) in [7, 11) is -3.03. The number of hydrogen-bond acceptors (Lipinski definition) is 5. The molecule has 0 aliphatic carbocycles. The molecule has 0 saturated carbocycles. The standard InChI is InChI=1S/C13H17N3O4S/c14-10-3-1-9(2-4-10)13(18)15-7-12(17)16-11-5-6-21(19,20)8-11/h1-4,11H,5-8,14H2,(H,15,18)(H,16,17). The molecular formula is C13H17N3O4S. The van der Waals surface area contributed by atoms with Crippen molar-refractivity contribution in [3.8, 4) is 0 Å². The van der Waals surface area contributed by atoms with Crippen LogP contribution in [-0.2, 0) is 14.6 Å². The van der Waals surface area contributed by atoms with E-state index in [2.05, 4.69) is 10.6 Å². The Morgan fingerprint density at radius 3 is 2.48 bits per heavy atom. The van der Waals surface area contributed by atoms with Crippen LogP contribution in [0.1, 0.15) is 16.8 Å². The van der Waals surface area contributed by atoms with Crippen molar-refractivity contribution in [1.82, 2.24) is 10.6 Å². The van der Waals surface area contributed by atoms with Gasteiger partial charge in [0.25, 0.3) is 5.91 Å². The molecule has 2 amide bonds. The summed E-state index contributed by atoms with van der Waals surface area (Å²) in [5, 5.41) is 5.07. The Labute approximate surface area is 122 Å². The Morgan fingerprint density at radius 1 is 1.24 bits per heavy atom. The number of sulfone groups is 1. The molecule has 0 aromatic heterocycles. The van der Waals surface area contributed by atoms with Gasteiger partial charge in [0.1, 0.15) is 0 Å². The van der Waals surface area contributed by atoms with Gasteiger partial charge in [-0.05, 0) is 30.7 Å². The summed E-state index contributed by atoms with van der Waals surface area (Å²) in [5.74, 6) is -0.731. The Bertz CT molecular complexity index is 640. The van der Waals surface area contributed by atoms with Crippen molar-refractivity contribution >= 4 is 27.3 Å². The lowest BCUT2D eigenvalue weighted by Gasteiger charge is -2.11. The third kappa shape index (κ3) is 4.45. The molecule has 0 spiro atoms. The molecule has 1 atom stereocenters. The van der Waals surface area contributed by atoms with E-state index in [1.54, 1.807) is 24.3 Å². The number of hydrogen-bond donors (Lipinski definition) is 3. The topological polar surface area (TPSA) is 118 Å². The molecule has 1 saturated heterocycles. The Kier molecular flexibility index (Phi) is 4.46. The lowest BCUT2D eigenvalue weighted by atomic mass is 10.2. The summed E-state index contributed by atoms with van der Waals surface area (Å²) < 4.78 is 22.5. The molecule has 4 N–H and O–H groups in total. The van der Waals surface area contributed by atoms with Crippen LogP contribution in [0.4, 0.5) is 5.69 Å². The summed E-state index contributed by atoms with van der Waals surface area (Å²) in [5.41, 5.74) is 6.47. The SMILES string of the molecule is Nc1ccc(C(=O)NCC(=O)NC2CCS(=O)(=O)C2)cc1. The van der Waals surface area contributed by atoms with Crippen LogP contribution in [0.2, 0.25) is 0 Å². The van der Waals surface area contributed by atoms with Crippen LogP contribution >= 0.6 is 0 Å². The number of benzene rings is 1. The Morgan fingerprint density at radius 2 is 1.90 bits per heavy atom. The van der Waals surface area contributed by atoms with Crippen LogP contribution < -0.4 is 16.4 Å². The van der Waals surface area contributed by atoms with Gasteiger partial charge in [-0.25, -0.2) is 8.42 Å². The summed E-state index contributed by atoms with van der Waals surface area (Å²) in [6.07, 6.45) is 0.417. The first-order chi connectivity index (χ1) is 9.85. The third-order valence-corrected chi connectivity index (χ3v) is 4.95. The van der Waals surface area contributed by atoms with Crippen molar-refractivity contribution < 1.29 is 18.0 Å². The van der Waals surface area contributed by atoms with Crippen molar-refractivity contribution in [2.45, 2.75) is 12.5 Å². The first-order valence-corrected chi connectivity index (χ1v) is 8.31. The predicted molar refractivity (Wildman–Crippen MR) is 78.4 cm³/mol. The van der Waals surface area contributed by atoms with Crippen LogP contribution in [0.3, 0.4) is 0 Å². The van der Waals surface area contributed by atoms with Crippen LogP contribution in [-0.4, -0.2) is 44.3 Å². The second-order valence-electron chi connectivity index (χ2n) is 4.97. The fourth-order valence-corrected chi connectivity index (χ4v) is 3.76. The van der Waals surface area contributed by atoms with E-state index in [1.807, 2.05) is 0 Å². The number of amides is 2. The fraction of sp³-hybridized carbons (Fsp3) is 0.385. The van der Waals surface area contributed by atoms with Crippen LogP contribution in [0.5, 0.6) is 0 Å². The van der Waals surface area contributed by atoms with Crippen molar-refractivity contribution in [2.24, 2.45) is 0 Å². The molecule has 1 heterocycles. The van der Waals surface area contributed by atoms with Crippen molar-refractivity contribution in [1.29, 1.82) is 0 Å². The molecular weight excluding hydrogens is 294 g/mol. The average molecular weight is 311 g/mol. The van der Waals surface area contributed by atoms with Gasteiger partial charge in [0.2, 0.25) is 5.91 Å². The molecule has 114 valence electrons. The van der Waals surface area contributed by atoms with Crippen LogP contribution in [0.25, 0.3) is 0 Å². The molecule has 1 aromatic carbocycles. The highest BCUT2D eigenvalue weighted by atomic mass is 32.2. The minimum atomic E-state index is -3.03. The quantitative estimate of drug-likeness (QED) is 0.636. The van der Waals surface area contributed by atoms with Gasteiger partial charge < -0.3 is 16.4 Å². The van der Waals surface area contributed by atoms with E-state index < -0.39 is 15.7 Å². The van der Waals surface area contributed by atoms with Crippen molar-refractivity contribution in [3.63, 3.8) is 0 Å². The lowest BCUT2D eigenvalue weighted by molar-refractivity contribution is -0.120. The van der Waals surface area contributed by atoms with E-state index >= 15 is 0 Å². The maximum Gasteiger partial charge on any atom is 0.251 e. The number of nitrogens with two attached hydrogens (primary N) is 1. The van der Waals surface area contributed by atoms with E-state index in [0.717, 1.165) is 0 Å². The number of nitrogens with one attached hydrogen (secondary N) is 2. The Hall–Kier alpha value is -2.09. The minimum Gasteiger partial charge on any atom is -0.399 e. The maximum absolute atomic E-state index is 11.8. The van der Waals surface area contributed by atoms with E-state index in [0.29, 0.717) is 17.7 Å². The highest BCUT2D eigenvalue weighted by Gasteiger charge is 2.28. The predicted octanol–water partition coefficient (Wildman–Crippen LogP) is -0.698. The minimum absolute atomic E-state index is 0.0371. The van der Waals surface area contributed by atoms with Crippen LogP contribution in [0.15, 0.2) is 24.3 Å². The molecule has 0 bridgehead atoms. The van der Waals surface area contributed by atoms with Crippen LogP contribution in [0, 0.1) is 0 Å². The number of rotatable bonds is 4. The van der Waals surface area contributed by atoms with Gasteiger partial charge >= 0.3 is 0 Å². The molecule has 1 aliphatic heterocycles. The highest BCUT2D eigenvalue weighted by molar-refractivity contribution is 7.91. The average Bonchev–Trinajstić information content (AvgIpc) is 2.76. The summed E-state index contributed by atoms with van der Waals surface area (Å²) >= 11 is 0. The van der Waals surface area contributed by atoms with Gasteiger partial charge in [0, 0.05) is 17.3 Å². The molecule has 1 fully saturated rings. The maximum atomic E-state index is 11.8. The lowest BCUT2D eigenvalue weighted by Crippen LogP contribution is -2.42. The molecule has 7 nitrogen and oxygen atoms in total. The van der Waals surface area contributed by atoms with E-state index in [1.165, 1.54) is 0 Å². The van der Waals surface area contributed by atoms with Crippen molar-refractivity contribution in [2.75, 3.05) is 23.8 Å². The first kappa shape index (κ1) is 15.3. The second-order valence-corrected chi connectivity index (χ2v) is 7.20. The molecule has 0 radical (unpaired) electrons. The van der Waals surface area contributed by atoms with Gasteiger partial charge in [-0.15, -0.1) is 0 Å². The van der Waals surface area contributed by atoms with Crippen molar-refractivity contribution in [3.05, 3.63) is 29.8 Å². The number of carbonyl (C=O) groups is 2. The monoisotopic (exact) mass is 311 g/mol. The zero-order valence-electron chi connectivity index (χ0n) is 11.3. The fourth-order valence-electron chi connectivity index (χ4n) is 2.08. The van der Waals surface area contributed by atoms with Gasteiger partial charge in [0.15, 0.2) is 9.84 Å². The van der Waals surface area contributed by atoms with Gasteiger partial charge in [0.05, 0.1) is 18.1 Å². The zero-order chi connectivity index (χ0) is 15.5. The smallest absolute Gasteiger partial charge is 0.251 e. The summed E-state index contributed by atoms with van der Waals surface area (Å²) in [6.45, 7) is -0.195. The molecule has 1 aromatic rings. The largest absolute Gasteiger partial charge is 0.399 e. The normalized spacial score (nSPS) is 19.9. The molecule has 21 heavy (non-hydrogen) atoms. The van der Waals surface area contributed by atoms with E-state index in [9.17, 15) is 18.0 Å². The van der Waals surface area contributed by atoms with Gasteiger partial charge in [-0.1, -0.05) is 0 Å². The van der Waals surface area contributed by atoms with E-state index in [4.69, 9.17) is 5.73 Å². The first-order valence-electron chi connectivity index (χ1n) is 6.49. The number of carbonyl (C=O) groups excluding carboxylic acids is 2. The zero-order valence-corrected chi connectivity index (χ0v) is 12.2. The summed E-state index contributed by atoms with van der Waals surface area (Å²) in [6, 6.07) is 5.95. The molecule has 8 heteroatoms. The highest BCUT2D eigenvalue weighted by Crippen LogP contribution is 2.10. The second kappa shape index (κ2) is 6.13. The van der Waals surface area contributed by atoms with Gasteiger partial charge in [-0.3, -0.25) is 9.59 Å². The molecule has 1 unspecified atom stereocenters. The summed E-state index contributed by atoms with van der Waals surface area (Å²) in [4.78, 5) is 23.4.